The lowest BCUT2D eigenvalue weighted by atomic mass is 9.96. The zero-order chi connectivity index (χ0) is 13.3. The lowest BCUT2D eigenvalue weighted by Gasteiger charge is -2.17. The number of hydrogen-bond acceptors (Lipinski definition) is 3. The molecule has 0 saturated heterocycles. The maximum Gasteiger partial charge on any atom is 0.262 e. The van der Waals surface area contributed by atoms with Gasteiger partial charge in [-0.05, 0) is 45.1 Å². The molecule has 4 nitrogen and oxygen atoms in total. The van der Waals surface area contributed by atoms with Gasteiger partial charge in [0.15, 0.2) is 5.88 Å². The van der Waals surface area contributed by atoms with Gasteiger partial charge in [-0.25, -0.2) is 0 Å². The van der Waals surface area contributed by atoms with Crippen LogP contribution < -0.4 is 5.56 Å². The molecule has 0 spiro atoms. The number of hydrogen-bond donors (Lipinski definition) is 2. The van der Waals surface area contributed by atoms with E-state index < -0.39 is 0 Å². The molecule has 0 atom stereocenters. The van der Waals surface area contributed by atoms with Crippen LogP contribution in [0.3, 0.4) is 0 Å². The molecular formula is C14H20N2O2. The van der Waals surface area contributed by atoms with Crippen molar-refractivity contribution in [3.63, 3.8) is 0 Å². The Balaban J connectivity index is 2.80. The van der Waals surface area contributed by atoms with Gasteiger partial charge in [-0.3, -0.25) is 9.36 Å². The van der Waals surface area contributed by atoms with Crippen molar-refractivity contribution >= 4 is 5.71 Å². The van der Waals surface area contributed by atoms with Crippen LogP contribution in [-0.4, -0.2) is 15.4 Å². The molecule has 0 bridgehead atoms. The van der Waals surface area contributed by atoms with E-state index in [0.29, 0.717) is 17.8 Å². The molecule has 1 aliphatic rings. The van der Waals surface area contributed by atoms with Crippen molar-refractivity contribution in [2.45, 2.75) is 52.5 Å². The van der Waals surface area contributed by atoms with Gasteiger partial charge < -0.3 is 10.5 Å². The molecule has 0 radical (unpaired) electrons. The van der Waals surface area contributed by atoms with Gasteiger partial charge >= 0.3 is 0 Å². The first kappa shape index (κ1) is 12.9. The second kappa shape index (κ2) is 4.96. The van der Waals surface area contributed by atoms with Crippen molar-refractivity contribution in [2.75, 3.05) is 0 Å². The van der Waals surface area contributed by atoms with Crippen molar-refractivity contribution in [1.29, 1.82) is 5.41 Å². The van der Waals surface area contributed by atoms with Crippen LogP contribution in [0, 0.1) is 5.41 Å². The number of rotatable bonds is 2. The molecule has 0 fully saturated rings. The highest BCUT2D eigenvalue weighted by atomic mass is 16.3. The fourth-order valence-electron chi connectivity index (χ4n) is 2.81. The fourth-order valence-corrected chi connectivity index (χ4v) is 2.81. The predicted octanol–water partition coefficient (Wildman–Crippen LogP) is 2.23. The van der Waals surface area contributed by atoms with Crippen LogP contribution in [0.2, 0.25) is 0 Å². The number of aromatic hydroxyl groups is 1. The Morgan fingerprint density at radius 3 is 2.44 bits per heavy atom. The molecule has 98 valence electrons. The van der Waals surface area contributed by atoms with E-state index in [1.54, 1.807) is 6.92 Å². The largest absolute Gasteiger partial charge is 0.494 e. The highest BCUT2D eigenvalue weighted by molar-refractivity contribution is 5.97. The smallest absolute Gasteiger partial charge is 0.262 e. The second-order valence-corrected chi connectivity index (χ2v) is 4.89. The number of aromatic nitrogens is 1. The van der Waals surface area contributed by atoms with E-state index in [1.807, 2.05) is 6.92 Å². The maximum atomic E-state index is 12.3. The van der Waals surface area contributed by atoms with Crippen LogP contribution in [0.25, 0.3) is 0 Å². The second-order valence-electron chi connectivity index (χ2n) is 4.89. The highest BCUT2D eigenvalue weighted by Gasteiger charge is 2.22. The monoisotopic (exact) mass is 248 g/mol. The molecule has 18 heavy (non-hydrogen) atoms. The molecule has 1 heterocycles. The van der Waals surface area contributed by atoms with Gasteiger partial charge in [0.1, 0.15) is 0 Å². The summed E-state index contributed by atoms with van der Waals surface area (Å²) < 4.78 is 1.39. The molecule has 4 heteroatoms. The summed E-state index contributed by atoms with van der Waals surface area (Å²) >= 11 is 0. The third kappa shape index (κ3) is 1.96. The molecule has 1 aromatic heterocycles. The first-order chi connectivity index (χ1) is 8.57. The molecule has 0 saturated carbocycles. The third-order valence-electron chi connectivity index (χ3n) is 3.70. The van der Waals surface area contributed by atoms with Crippen LogP contribution in [-0.2, 0) is 19.4 Å². The van der Waals surface area contributed by atoms with E-state index in [4.69, 9.17) is 5.41 Å². The Labute approximate surface area is 107 Å². The normalized spacial score (nSPS) is 15.0. The van der Waals surface area contributed by atoms with Crippen molar-refractivity contribution < 1.29 is 5.11 Å². The SMILES string of the molecule is CCn1c(O)c2c(c(C(C)=N)c1=O)CCCCC2. The number of fused-ring (bicyclic) bond motifs is 1. The number of pyridine rings is 1. The minimum Gasteiger partial charge on any atom is -0.494 e. The van der Waals surface area contributed by atoms with Gasteiger partial charge in [0, 0.05) is 17.8 Å². The lowest BCUT2D eigenvalue weighted by Crippen LogP contribution is -2.28. The van der Waals surface area contributed by atoms with Crippen LogP contribution in [0.4, 0.5) is 0 Å². The summed E-state index contributed by atoms with van der Waals surface area (Å²) in [5.41, 5.74) is 2.39. The van der Waals surface area contributed by atoms with Gasteiger partial charge in [0.2, 0.25) is 0 Å². The number of nitrogens with zero attached hydrogens (tertiary/aromatic N) is 1. The topological polar surface area (TPSA) is 66.1 Å². The van der Waals surface area contributed by atoms with Gasteiger partial charge in [-0.2, -0.15) is 0 Å². The van der Waals surface area contributed by atoms with Crippen LogP contribution in [0.15, 0.2) is 4.79 Å². The molecule has 0 unspecified atom stereocenters. The Bertz CT molecular complexity index is 544. The lowest BCUT2D eigenvalue weighted by molar-refractivity contribution is 0.403. The Hall–Kier alpha value is -1.58. The predicted molar refractivity (Wildman–Crippen MR) is 71.8 cm³/mol. The van der Waals surface area contributed by atoms with Crippen LogP contribution in [0.1, 0.15) is 49.8 Å². The number of nitrogens with one attached hydrogen (secondary N) is 1. The molecule has 1 aliphatic carbocycles. The molecule has 2 N–H and O–H groups in total. The molecular weight excluding hydrogens is 228 g/mol. The Morgan fingerprint density at radius 2 is 1.89 bits per heavy atom. The quantitative estimate of drug-likeness (QED) is 0.622. The Kier molecular flexibility index (Phi) is 3.55. The van der Waals surface area contributed by atoms with Crippen LogP contribution in [0.5, 0.6) is 5.88 Å². The van der Waals surface area contributed by atoms with Crippen molar-refractivity contribution in [1.82, 2.24) is 4.57 Å². The average molecular weight is 248 g/mol. The molecule has 0 aromatic carbocycles. The average Bonchev–Trinajstić information content (AvgIpc) is 2.55. The van der Waals surface area contributed by atoms with E-state index in [0.717, 1.165) is 43.2 Å². The fraction of sp³-hybridized carbons (Fsp3) is 0.571. The minimum atomic E-state index is -0.219. The van der Waals surface area contributed by atoms with Gasteiger partial charge in [0.25, 0.3) is 5.56 Å². The van der Waals surface area contributed by atoms with Gasteiger partial charge in [-0.15, -0.1) is 0 Å². The van der Waals surface area contributed by atoms with E-state index in [9.17, 15) is 9.90 Å². The van der Waals surface area contributed by atoms with E-state index in [-0.39, 0.29) is 11.4 Å². The van der Waals surface area contributed by atoms with Gasteiger partial charge in [0.05, 0.1) is 5.56 Å². The van der Waals surface area contributed by atoms with Gasteiger partial charge in [-0.1, -0.05) is 6.42 Å². The Morgan fingerprint density at radius 1 is 1.28 bits per heavy atom. The van der Waals surface area contributed by atoms with Crippen molar-refractivity contribution in [3.8, 4) is 5.88 Å². The summed E-state index contributed by atoms with van der Waals surface area (Å²) in [4.78, 5) is 12.3. The summed E-state index contributed by atoms with van der Waals surface area (Å²) in [6.45, 7) is 3.93. The van der Waals surface area contributed by atoms with E-state index in [2.05, 4.69) is 0 Å². The van der Waals surface area contributed by atoms with Crippen LogP contribution >= 0.6 is 0 Å². The first-order valence-corrected chi connectivity index (χ1v) is 6.61. The van der Waals surface area contributed by atoms with Crippen molar-refractivity contribution in [3.05, 3.63) is 27.0 Å². The summed E-state index contributed by atoms with van der Waals surface area (Å²) in [6, 6.07) is 0. The zero-order valence-electron chi connectivity index (χ0n) is 11.0. The van der Waals surface area contributed by atoms with E-state index in [1.165, 1.54) is 4.57 Å². The highest BCUT2D eigenvalue weighted by Crippen LogP contribution is 2.29. The minimum absolute atomic E-state index is 0.115. The maximum absolute atomic E-state index is 12.3. The zero-order valence-corrected chi connectivity index (χ0v) is 11.0. The summed E-state index contributed by atoms with van der Waals surface area (Å²) in [5.74, 6) is 0.115. The van der Waals surface area contributed by atoms with Crippen molar-refractivity contribution in [2.24, 2.45) is 0 Å². The first-order valence-electron chi connectivity index (χ1n) is 6.61. The standard InChI is InChI=1S/C14H20N2O2/c1-3-16-13(17)11-8-6-4-5-7-10(11)12(9(2)15)14(16)18/h15,17H,3-8H2,1-2H3. The summed E-state index contributed by atoms with van der Waals surface area (Å²) in [5, 5.41) is 18.1. The molecule has 0 aliphatic heterocycles. The third-order valence-corrected chi connectivity index (χ3v) is 3.70. The molecule has 0 amide bonds. The summed E-state index contributed by atoms with van der Waals surface area (Å²) in [6.07, 6.45) is 4.79. The summed E-state index contributed by atoms with van der Waals surface area (Å²) in [7, 11) is 0. The van der Waals surface area contributed by atoms with E-state index >= 15 is 0 Å². The molecule has 2 rings (SSSR count). The molecule has 1 aromatic rings.